The Morgan fingerprint density at radius 1 is 1.20 bits per heavy atom. The molecule has 2 rings (SSSR count). The average Bonchev–Trinajstić information content (AvgIpc) is 2.39. The van der Waals surface area contributed by atoms with E-state index in [9.17, 15) is 4.39 Å². The second kappa shape index (κ2) is 6.62. The smallest absolute Gasteiger partial charge is 0.128 e. The van der Waals surface area contributed by atoms with Gasteiger partial charge in [0.2, 0.25) is 0 Å². The summed E-state index contributed by atoms with van der Waals surface area (Å²) in [5.74, 6) is -0.123. The minimum absolute atomic E-state index is 0.0111. The lowest BCUT2D eigenvalue weighted by atomic mass is 9.94. The number of pyridine rings is 1. The molecule has 2 nitrogen and oxygen atoms in total. The molecule has 20 heavy (non-hydrogen) atoms. The van der Waals surface area contributed by atoms with Crippen LogP contribution in [0.15, 0.2) is 36.7 Å². The van der Waals surface area contributed by atoms with E-state index in [1.165, 1.54) is 0 Å². The Balaban J connectivity index is 2.34. The Labute approximate surface area is 120 Å². The first-order valence-electron chi connectivity index (χ1n) is 7.00. The fraction of sp³-hybridized carbons (Fsp3) is 0.353. The lowest BCUT2D eigenvalue weighted by Crippen LogP contribution is -2.25. The zero-order valence-electron chi connectivity index (χ0n) is 12.3. The lowest BCUT2D eigenvalue weighted by molar-refractivity contribution is 0.506. The molecule has 0 amide bonds. The third-order valence-electron chi connectivity index (χ3n) is 3.47. The van der Waals surface area contributed by atoms with Gasteiger partial charge in [-0.3, -0.25) is 4.98 Å². The Morgan fingerprint density at radius 3 is 2.50 bits per heavy atom. The number of likely N-dealkylation sites (N-methyl/N-ethyl adjacent to an activating group) is 1. The molecular weight excluding hydrogens is 251 g/mol. The number of rotatable bonds is 5. The van der Waals surface area contributed by atoms with Gasteiger partial charge in [0.1, 0.15) is 5.82 Å². The zero-order valence-corrected chi connectivity index (χ0v) is 12.3. The summed E-state index contributed by atoms with van der Waals surface area (Å²) in [7, 11) is 0. The van der Waals surface area contributed by atoms with Gasteiger partial charge in [-0.2, -0.15) is 0 Å². The van der Waals surface area contributed by atoms with Gasteiger partial charge in [0, 0.05) is 24.0 Å². The van der Waals surface area contributed by atoms with Crippen molar-refractivity contribution in [3.05, 3.63) is 64.7 Å². The van der Waals surface area contributed by atoms with E-state index in [1.807, 2.05) is 39.0 Å². The molecule has 1 heterocycles. The molecule has 0 fully saturated rings. The van der Waals surface area contributed by atoms with E-state index in [1.54, 1.807) is 18.5 Å². The average molecular weight is 272 g/mol. The van der Waals surface area contributed by atoms with Crippen molar-refractivity contribution in [3.63, 3.8) is 0 Å². The number of halogens is 1. The second-order valence-corrected chi connectivity index (χ2v) is 5.15. The molecule has 1 unspecified atom stereocenters. The second-order valence-electron chi connectivity index (χ2n) is 5.15. The van der Waals surface area contributed by atoms with Crippen LogP contribution in [0.4, 0.5) is 4.39 Å². The molecule has 1 aromatic heterocycles. The maximum absolute atomic E-state index is 14.3. The Kier molecular flexibility index (Phi) is 4.85. The summed E-state index contributed by atoms with van der Waals surface area (Å²) in [6.07, 6.45) is 4.31. The van der Waals surface area contributed by atoms with Crippen LogP contribution in [-0.4, -0.2) is 11.5 Å². The van der Waals surface area contributed by atoms with E-state index in [-0.39, 0.29) is 11.9 Å². The van der Waals surface area contributed by atoms with Crippen molar-refractivity contribution < 1.29 is 4.39 Å². The van der Waals surface area contributed by atoms with Crippen LogP contribution in [0, 0.1) is 19.7 Å². The van der Waals surface area contributed by atoms with Gasteiger partial charge in [-0.1, -0.05) is 13.0 Å². The fourth-order valence-corrected chi connectivity index (χ4v) is 2.65. The van der Waals surface area contributed by atoms with Crippen molar-refractivity contribution in [3.8, 4) is 0 Å². The quantitative estimate of drug-likeness (QED) is 0.897. The number of hydrogen-bond acceptors (Lipinski definition) is 2. The van der Waals surface area contributed by atoms with Gasteiger partial charge in [0.15, 0.2) is 0 Å². The van der Waals surface area contributed by atoms with Gasteiger partial charge in [-0.25, -0.2) is 4.39 Å². The molecule has 1 atom stereocenters. The van der Waals surface area contributed by atoms with Crippen LogP contribution in [0.2, 0.25) is 0 Å². The Morgan fingerprint density at radius 2 is 1.90 bits per heavy atom. The molecule has 106 valence electrons. The van der Waals surface area contributed by atoms with Gasteiger partial charge in [0.25, 0.3) is 0 Å². The van der Waals surface area contributed by atoms with Crippen LogP contribution < -0.4 is 5.32 Å². The molecule has 1 N–H and O–H groups in total. The van der Waals surface area contributed by atoms with Crippen LogP contribution in [0.3, 0.4) is 0 Å². The molecule has 0 bridgehead atoms. The summed E-state index contributed by atoms with van der Waals surface area (Å²) in [5.41, 5.74) is 3.89. The van der Waals surface area contributed by atoms with Crippen LogP contribution in [0.5, 0.6) is 0 Å². The van der Waals surface area contributed by atoms with Gasteiger partial charge >= 0.3 is 0 Å². The topological polar surface area (TPSA) is 24.9 Å². The summed E-state index contributed by atoms with van der Waals surface area (Å²) in [6, 6.07) is 7.59. The molecule has 2 aromatic rings. The molecule has 0 aliphatic carbocycles. The first kappa shape index (κ1) is 14.7. The summed E-state index contributed by atoms with van der Waals surface area (Å²) in [5, 5.41) is 3.39. The number of nitrogens with one attached hydrogen (secondary N) is 1. The van der Waals surface area contributed by atoms with E-state index >= 15 is 0 Å². The van der Waals surface area contributed by atoms with Gasteiger partial charge in [-0.05, 0) is 61.7 Å². The highest BCUT2D eigenvalue weighted by Crippen LogP contribution is 2.25. The van der Waals surface area contributed by atoms with E-state index in [0.29, 0.717) is 0 Å². The van der Waals surface area contributed by atoms with Crippen LogP contribution in [0.25, 0.3) is 0 Å². The van der Waals surface area contributed by atoms with E-state index < -0.39 is 0 Å². The largest absolute Gasteiger partial charge is 0.310 e. The number of nitrogens with zero attached hydrogens (tertiary/aromatic N) is 1. The maximum atomic E-state index is 14.3. The van der Waals surface area contributed by atoms with Crippen molar-refractivity contribution in [2.24, 2.45) is 0 Å². The number of benzene rings is 1. The Bertz CT molecular complexity index is 543. The summed E-state index contributed by atoms with van der Waals surface area (Å²) >= 11 is 0. The van der Waals surface area contributed by atoms with Gasteiger partial charge in [0.05, 0.1) is 0 Å². The van der Waals surface area contributed by atoms with Gasteiger partial charge in [-0.15, -0.1) is 0 Å². The fourth-order valence-electron chi connectivity index (χ4n) is 2.65. The van der Waals surface area contributed by atoms with Crippen molar-refractivity contribution in [2.75, 3.05) is 6.54 Å². The summed E-state index contributed by atoms with van der Waals surface area (Å²) in [6.45, 7) is 6.75. The molecule has 0 aliphatic rings. The van der Waals surface area contributed by atoms with Crippen molar-refractivity contribution >= 4 is 0 Å². The van der Waals surface area contributed by atoms with Crippen molar-refractivity contribution in [2.45, 2.75) is 33.2 Å². The molecule has 0 saturated carbocycles. The zero-order chi connectivity index (χ0) is 14.5. The lowest BCUT2D eigenvalue weighted by Gasteiger charge is -2.21. The molecule has 1 aromatic carbocycles. The van der Waals surface area contributed by atoms with E-state index in [2.05, 4.69) is 10.3 Å². The highest BCUT2D eigenvalue weighted by atomic mass is 19.1. The molecule has 0 radical (unpaired) electrons. The minimum Gasteiger partial charge on any atom is -0.310 e. The molecular formula is C17H21FN2. The SMILES string of the molecule is CCNC(Cc1ccncc1)c1c(C)cc(C)cc1F. The molecule has 0 aliphatic heterocycles. The highest BCUT2D eigenvalue weighted by Gasteiger charge is 2.18. The molecule has 0 spiro atoms. The van der Waals surface area contributed by atoms with E-state index in [0.717, 1.165) is 35.2 Å². The molecule has 0 saturated heterocycles. The maximum Gasteiger partial charge on any atom is 0.128 e. The number of aromatic nitrogens is 1. The summed E-state index contributed by atoms with van der Waals surface area (Å²) < 4.78 is 14.3. The normalized spacial score (nSPS) is 12.4. The van der Waals surface area contributed by atoms with Crippen molar-refractivity contribution in [1.29, 1.82) is 0 Å². The number of aryl methyl sites for hydroxylation is 2. The van der Waals surface area contributed by atoms with E-state index in [4.69, 9.17) is 0 Å². The standard InChI is InChI=1S/C17H21FN2/c1-4-20-16(11-14-5-7-19-8-6-14)17-13(3)9-12(2)10-15(17)18/h5-10,16,20H,4,11H2,1-3H3. The third kappa shape index (κ3) is 3.42. The number of hydrogen-bond donors (Lipinski definition) is 1. The highest BCUT2D eigenvalue weighted by molar-refractivity contribution is 5.35. The minimum atomic E-state index is -0.123. The predicted octanol–water partition coefficient (Wildman–Crippen LogP) is 3.73. The predicted molar refractivity (Wildman–Crippen MR) is 80.2 cm³/mol. The van der Waals surface area contributed by atoms with Crippen LogP contribution in [-0.2, 0) is 6.42 Å². The first-order chi connectivity index (χ1) is 9.61. The summed E-state index contributed by atoms with van der Waals surface area (Å²) in [4.78, 5) is 4.02. The van der Waals surface area contributed by atoms with Crippen molar-refractivity contribution in [1.82, 2.24) is 10.3 Å². The monoisotopic (exact) mass is 272 g/mol. The van der Waals surface area contributed by atoms with Crippen LogP contribution in [0.1, 0.15) is 35.2 Å². The van der Waals surface area contributed by atoms with Crippen LogP contribution >= 0.6 is 0 Å². The molecule has 3 heteroatoms. The van der Waals surface area contributed by atoms with Gasteiger partial charge < -0.3 is 5.32 Å². The third-order valence-corrected chi connectivity index (χ3v) is 3.47. The first-order valence-corrected chi connectivity index (χ1v) is 7.00. The Hall–Kier alpha value is -1.74.